The molecule has 6 heteroatoms. The van der Waals surface area contributed by atoms with Crippen LogP contribution < -0.4 is 10.2 Å². The molecule has 6 rings (SSSR count). The zero-order valence-electron chi connectivity index (χ0n) is 15.9. The highest BCUT2D eigenvalue weighted by Gasteiger charge is 2.33. The number of fused-ring (bicyclic) bond motifs is 1. The molecule has 3 aromatic rings. The Morgan fingerprint density at radius 1 is 1.07 bits per heavy atom. The van der Waals surface area contributed by atoms with Gasteiger partial charge in [-0.25, -0.2) is 9.78 Å². The summed E-state index contributed by atoms with van der Waals surface area (Å²) in [5, 5.41) is 2.99. The minimum Gasteiger partial charge on any atom is -0.342 e. The molecule has 1 saturated carbocycles. The van der Waals surface area contributed by atoms with E-state index in [0.29, 0.717) is 12.5 Å². The van der Waals surface area contributed by atoms with Crippen molar-refractivity contribution in [2.75, 3.05) is 11.4 Å². The summed E-state index contributed by atoms with van der Waals surface area (Å²) in [6.45, 7) is 0.592. The molecule has 29 heavy (non-hydrogen) atoms. The van der Waals surface area contributed by atoms with Crippen molar-refractivity contribution >= 4 is 23.6 Å². The summed E-state index contributed by atoms with van der Waals surface area (Å²) < 4.78 is 0. The number of hydrogen-bond donors (Lipinski definition) is 2. The highest BCUT2D eigenvalue weighted by molar-refractivity contribution is 5.96. The molecule has 2 aliphatic heterocycles. The van der Waals surface area contributed by atoms with Gasteiger partial charge in [-0.1, -0.05) is 30.3 Å². The molecule has 2 aromatic carbocycles. The first kappa shape index (κ1) is 16.5. The summed E-state index contributed by atoms with van der Waals surface area (Å²) in [4.78, 5) is 26.8. The highest BCUT2D eigenvalue weighted by atomic mass is 16.2. The van der Waals surface area contributed by atoms with E-state index in [2.05, 4.69) is 50.6 Å². The summed E-state index contributed by atoms with van der Waals surface area (Å²) in [5.74, 6) is 1.71. The number of nitrogens with zero attached hydrogens (tertiary/aromatic N) is 3. The second-order valence-corrected chi connectivity index (χ2v) is 7.98. The third-order valence-electron chi connectivity index (χ3n) is 6.03. The number of aliphatic imine (C=N–C) groups is 1. The number of anilines is 1. The third-order valence-corrected chi connectivity index (χ3v) is 6.03. The van der Waals surface area contributed by atoms with E-state index in [9.17, 15) is 4.79 Å². The average Bonchev–Trinajstić information content (AvgIpc) is 3.15. The summed E-state index contributed by atoms with van der Waals surface area (Å²) in [6.07, 6.45) is 7.17. The van der Waals surface area contributed by atoms with Gasteiger partial charge in [0.2, 0.25) is 0 Å². The molecular formula is C23H21N5O. The first-order chi connectivity index (χ1) is 14.3. The summed E-state index contributed by atoms with van der Waals surface area (Å²) in [5.41, 5.74) is 6.32. The molecule has 1 saturated heterocycles. The molecule has 3 heterocycles. The van der Waals surface area contributed by atoms with Crippen molar-refractivity contribution in [2.24, 2.45) is 4.99 Å². The number of rotatable bonds is 4. The van der Waals surface area contributed by atoms with Crippen LogP contribution in [0.2, 0.25) is 0 Å². The van der Waals surface area contributed by atoms with E-state index in [1.54, 1.807) is 0 Å². The van der Waals surface area contributed by atoms with Crippen molar-refractivity contribution in [1.82, 2.24) is 15.3 Å². The van der Waals surface area contributed by atoms with Crippen LogP contribution in [0.3, 0.4) is 0 Å². The summed E-state index contributed by atoms with van der Waals surface area (Å²) in [7, 11) is 0. The zero-order chi connectivity index (χ0) is 19.4. The van der Waals surface area contributed by atoms with Gasteiger partial charge >= 0.3 is 6.03 Å². The number of carbonyl (C=O) groups is 1. The van der Waals surface area contributed by atoms with Gasteiger partial charge in [0.15, 0.2) is 0 Å². The lowest BCUT2D eigenvalue weighted by molar-refractivity contribution is 0.251. The van der Waals surface area contributed by atoms with Gasteiger partial charge < -0.3 is 10.3 Å². The van der Waals surface area contributed by atoms with Crippen LogP contribution in [0.15, 0.2) is 53.7 Å². The van der Waals surface area contributed by atoms with Gasteiger partial charge in [0.05, 0.1) is 23.6 Å². The number of amides is 2. The third kappa shape index (κ3) is 2.83. The second kappa shape index (κ2) is 6.30. The van der Waals surface area contributed by atoms with Crippen molar-refractivity contribution in [1.29, 1.82) is 0 Å². The minimum atomic E-state index is -0.0661. The van der Waals surface area contributed by atoms with Gasteiger partial charge in [-0.3, -0.25) is 9.89 Å². The van der Waals surface area contributed by atoms with E-state index in [-0.39, 0.29) is 12.1 Å². The van der Waals surface area contributed by atoms with E-state index in [1.165, 1.54) is 18.4 Å². The number of hydrogen-bond acceptors (Lipinski definition) is 3. The Kier molecular flexibility index (Phi) is 3.59. The molecule has 1 atom stereocenters. The van der Waals surface area contributed by atoms with Crippen molar-refractivity contribution in [3.63, 3.8) is 0 Å². The lowest BCUT2D eigenvalue weighted by Crippen LogP contribution is -2.29. The second-order valence-electron chi connectivity index (χ2n) is 7.98. The minimum absolute atomic E-state index is 0.0382. The first-order valence-electron chi connectivity index (χ1n) is 10.1. The number of aromatic amines is 1. The van der Waals surface area contributed by atoms with Crippen LogP contribution in [0.1, 0.15) is 41.8 Å². The van der Waals surface area contributed by atoms with Crippen LogP contribution in [0.5, 0.6) is 0 Å². The van der Waals surface area contributed by atoms with E-state index >= 15 is 0 Å². The number of benzene rings is 2. The molecule has 1 unspecified atom stereocenters. The molecule has 3 aliphatic rings. The Labute approximate surface area is 168 Å². The molecule has 0 radical (unpaired) electrons. The molecule has 2 fully saturated rings. The maximum Gasteiger partial charge on any atom is 0.322 e. The standard InChI is InChI=1S/C23H21N5O/c29-23-26-13-21(28(23)18-8-7-15-9-10-24-19(15)11-18)16-3-1-14(2-4-16)20-12-25-22(27-20)17-5-6-17/h1-4,7-8,10-12,17,21H,5-6,9,13H2,(H,25,27)(H,26,29). The maximum atomic E-state index is 12.6. The fourth-order valence-corrected chi connectivity index (χ4v) is 4.24. The highest BCUT2D eigenvalue weighted by Crippen LogP contribution is 2.39. The number of urea groups is 1. The quantitative estimate of drug-likeness (QED) is 0.697. The van der Waals surface area contributed by atoms with Gasteiger partial charge in [0, 0.05) is 30.8 Å². The summed E-state index contributed by atoms with van der Waals surface area (Å²) >= 11 is 0. The smallest absolute Gasteiger partial charge is 0.322 e. The average molecular weight is 383 g/mol. The van der Waals surface area contributed by atoms with E-state index in [4.69, 9.17) is 0 Å². The molecule has 0 spiro atoms. The largest absolute Gasteiger partial charge is 0.342 e. The van der Waals surface area contributed by atoms with Crippen molar-refractivity contribution in [3.05, 3.63) is 65.6 Å². The Hall–Kier alpha value is -3.41. The summed E-state index contributed by atoms with van der Waals surface area (Å²) in [6, 6.07) is 14.4. The van der Waals surface area contributed by atoms with Crippen LogP contribution in [-0.2, 0) is 6.42 Å². The monoisotopic (exact) mass is 383 g/mol. The maximum absolute atomic E-state index is 12.6. The fourth-order valence-electron chi connectivity index (χ4n) is 4.24. The Balaban J connectivity index is 1.29. The van der Waals surface area contributed by atoms with E-state index in [1.807, 2.05) is 29.4 Å². The number of nitrogens with one attached hydrogen (secondary N) is 2. The number of imidazole rings is 1. The van der Waals surface area contributed by atoms with Crippen LogP contribution in [-0.4, -0.2) is 28.8 Å². The van der Waals surface area contributed by atoms with Gasteiger partial charge in [-0.15, -0.1) is 0 Å². The Bertz CT molecular complexity index is 1130. The SMILES string of the molecule is O=C1NCC(c2ccc(-c3cnc(C4CC4)[nH]3)cc2)N1c1ccc2c(c1)N=CC2. The molecule has 1 aliphatic carbocycles. The number of aromatic nitrogens is 2. The fraction of sp³-hybridized carbons (Fsp3) is 0.261. The van der Waals surface area contributed by atoms with E-state index < -0.39 is 0 Å². The molecule has 144 valence electrons. The Morgan fingerprint density at radius 3 is 2.76 bits per heavy atom. The molecule has 6 nitrogen and oxygen atoms in total. The van der Waals surface area contributed by atoms with Crippen molar-refractivity contribution < 1.29 is 4.79 Å². The molecular weight excluding hydrogens is 362 g/mol. The van der Waals surface area contributed by atoms with Gasteiger partial charge in [0.1, 0.15) is 5.82 Å². The van der Waals surface area contributed by atoms with Crippen LogP contribution in [0.25, 0.3) is 11.3 Å². The number of H-pyrrole nitrogens is 1. The predicted molar refractivity (Wildman–Crippen MR) is 113 cm³/mol. The van der Waals surface area contributed by atoms with Gasteiger partial charge in [-0.05, 0) is 41.7 Å². The topological polar surface area (TPSA) is 73.4 Å². The Morgan fingerprint density at radius 2 is 1.93 bits per heavy atom. The van der Waals surface area contributed by atoms with E-state index in [0.717, 1.165) is 40.4 Å². The van der Waals surface area contributed by atoms with Crippen molar-refractivity contribution in [3.8, 4) is 11.3 Å². The van der Waals surface area contributed by atoms with Crippen LogP contribution in [0.4, 0.5) is 16.2 Å². The molecule has 1 aromatic heterocycles. The van der Waals surface area contributed by atoms with Gasteiger partial charge in [0.25, 0.3) is 0 Å². The van der Waals surface area contributed by atoms with Crippen molar-refractivity contribution in [2.45, 2.75) is 31.2 Å². The molecule has 0 bridgehead atoms. The number of carbonyl (C=O) groups excluding carboxylic acids is 1. The zero-order valence-corrected chi connectivity index (χ0v) is 15.9. The van der Waals surface area contributed by atoms with Gasteiger partial charge in [-0.2, -0.15) is 0 Å². The first-order valence-corrected chi connectivity index (χ1v) is 10.1. The normalized spacial score (nSPS) is 20.2. The lowest BCUT2D eigenvalue weighted by atomic mass is 10.0. The predicted octanol–water partition coefficient (Wildman–Crippen LogP) is 4.48. The van der Waals surface area contributed by atoms with Crippen LogP contribution >= 0.6 is 0 Å². The molecule has 2 N–H and O–H groups in total. The lowest BCUT2D eigenvalue weighted by Gasteiger charge is -2.24. The molecule has 2 amide bonds. The van der Waals surface area contributed by atoms with Crippen LogP contribution in [0, 0.1) is 0 Å².